The number of fused-ring (bicyclic) bond motifs is 20. The minimum Gasteiger partial charge on any atom is -0.310 e. The molecule has 0 fully saturated rings. The number of aryl methyl sites for hydroxylation is 2. The van der Waals surface area contributed by atoms with Crippen molar-refractivity contribution in [2.75, 3.05) is 4.90 Å². The number of hydrogen-bond donors (Lipinski definition) is 0. The van der Waals surface area contributed by atoms with Gasteiger partial charge in [-0.1, -0.05) is 243 Å². The zero-order chi connectivity index (χ0) is 55.0. The van der Waals surface area contributed by atoms with Crippen molar-refractivity contribution in [2.45, 2.75) is 24.7 Å². The summed E-state index contributed by atoms with van der Waals surface area (Å²) < 4.78 is 0. The molecule has 0 amide bonds. The lowest BCUT2D eigenvalue weighted by molar-refractivity contribution is 0.792. The van der Waals surface area contributed by atoms with Crippen molar-refractivity contribution in [1.82, 2.24) is 0 Å². The highest BCUT2D eigenvalue weighted by Gasteiger charge is 2.53. The van der Waals surface area contributed by atoms with Gasteiger partial charge in [0.2, 0.25) is 0 Å². The molecule has 83 heavy (non-hydrogen) atoms. The molecular formula is C82H55N. The number of anilines is 3. The number of benzene rings is 13. The number of rotatable bonds is 7. The van der Waals surface area contributed by atoms with Crippen molar-refractivity contribution in [3.63, 3.8) is 0 Å². The Kier molecular flexibility index (Phi) is 10.3. The molecule has 0 bridgehead atoms. The summed E-state index contributed by atoms with van der Waals surface area (Å²) in [7, 11) is 0. The van der Waals surface area contributed by atoms with Gasteiger partial charge in [-0.15, -0.1) is 0 Å². The highest BCUT2D eigenvalue weighted by atomic mass is 15.1. The van der Waals surface area contributed by atoms with Crippen molar-refractivity contribution in [1.29, 1.82) is 0 Å². The van der Waals surface area contributed by atoms with Gasteiger partial charge in [-0.2, -0.15) is 0 Å². The van der Waals surface area contributed by atoms with Crippen LogP contribution in [0.4, 0.5) is 17.1 Å². The highest BCUT2D eigenvalue weighted by molar-refractivity contribution is 5.99. The molecule has 388 valence electrons. The monoisotopic (exact) mass is 1050 g/mol. The van der Waals surface area contributed by atoms with E-state index >= 15 is 0 Å². The van der Waals surface area contributed by atoms with Crippen LogP contribution >= 0.6 is 0 Å². The fraction of sp³-hybridized carbons (Fsp3) is 0.0488. The molecule has 0 saturated heterocycles. The molecule has 17 rings (SSSR count). The van der Waals surface area contributed by atoms with E-state index in [1.165, 1.54) is 145 Å². The SMILES string of the molecule is Cc1cc(-c2ccc(N(c3ccc4c(c3)C3(c5ccccc5-c5ccccc53)c3ccccc3-4)c3ccc4c(c3)C3(c5ccccc5-c5ccccc53)c3ccccc3-4)cc2)cc(C)c1-c1cc(-c2ccccc2)cc(-c2ccccc2)c1. The molecular weight excluding hydrogens is 999 g/mol. The summed E-state index contributed by atoms with van der Waals surface area (Å²) in [5.74, 6) is 0. The second kappa shape index (κ2) is 18.1. The second-order valence-corrected chi connectivity index (χ2v) is 23.1. The van der Waals surface area contributed by atoms with Crippen LogP contribution in [0.15, 0.2) is 297 Å². The van der Waals surface area contributed by atoms with E-state index in [4.69, 9.17) is 0 Å². The molecule has 0 aliphatic heterocycles. The van der Waals surface area contributed by atoms with Gasteiger partial charge in [0.1, 0.15) is 0 Å². The fourth-order valence-corrected chi connectivity index (χ4v) is 15.6. The predicted octanol–water partition coefficient (Wildman–Crippen LogP) is 21.1. The zero-order valence-electron chi connectivity index (χ0n) is 46.2. The summed E-state index contributed by atoms with van der Waals surface area (Å²) in [6.45, 7) is 4.55. The van der Waals surface area contributed by atoms with Crippen LogP contribution in [0.2, 0.25) is 0 Å². The normalized spacial score (nSPS) is 13.6. The summed E-state index contributed by atoms with van der Waals surface area (Å²) in [6, 6.07) is 112. The van der Waals surface area contributed by atoms with Gasteiger partial charge < -0.3 is 4.90 Å². The molecule has 13 aromatic carbocycles. The molecule has 0 unspecified atom stereocenters. The van der Waals surface area contributed by atoms with E-state index in [0.29, 0.717) is 0 Å². The minimum atomic E-state index is -0.487. The van der Waals surface area contributed by atoms with Crippen molar-refractivity contribution >= 4 is 17.1 Å². The summed E-state index contributed by atoms with van der Waals surface area (Å²) in [4.78, 5) is 2.53. The van der Waals surface area contributed by atoms with E-state index in [1.54, 1.807) is 0 Å². The van der Waals surface area contributed by atoms with Crippen LogP contribution in [0.5, 0.6) is 0 Å². The van der Waals surface area contributed by atoms with Crippen molar-refractivity contribution < 1.29 is 0 Å². The summed E-state index contributed by atoms with van der Waals surface area (Å²) >= 11 is 0. The average molecular weight is 1050 g/mol. The van der Waals surface area contributed by atoms with Gasteiger partial charge in [0.15, 0.2) is 0 Å². The number of nitrogens with zero attached hydrogens (tertiary/aromatic N) is 1. The van der Waals surface area contributed by atoms with Crippen molar-refractivity contribution in [3.05, 3.63) is 353 Å². The van der Waals surface area contributed by atoms with Gasteiger partial charge in [-0.25, -0.2) is 0 Å². The molecule has 0 saturated carbocycles. The Morgan fingerprint density at radius 1 is 0.205 bits per heavy atom. The molecule has 0 aromatic heterocycles. The third-order valence-electron chi connectivity index (χ3n) is 18.9. The summed E-state index contributed by atoms with van der Waals surface area (Å²) in [5.41, 5.74) is 35.7. The Labute approximate surface area is 485 Å². The molecule has 0 radical (unpaired) electrons. The smallest absolute Gasteiger partial charge is 0.0726 e. The quantitative estimate of drug-likeness (QED) is 0.154. The number of hydrogen-bond acceptors (Lipinski definition) is 1. The van der Waals surface area contributed by atoms with E-state index in [-0.39, 0.29) is 0 Å². The third kappa shape index (κ3) is 6.71. The summed E-state index contributed by atoms with van der Waals surface area (Å²) in [6.07, 6.45) is 0. The molecule has 4 aliphatic carbocycles. The van der Waals surface area contributed by atoms with Gasteiger partial charge in [0, 0.05) is 17.1 Å². The lowest BCUT2D eigenvalue weighted by Gasteiger charge is -2.33. The standard InChI is InChI=1S/C82H55N/c1-52-45-57(46-53(2)80(52)60-48-58(54-21-5-3-6-22-54)47-59(49-60)55-23-7-4-8-24-55)56-37-39-61(40-38-56)83(62-41-43-70-68-29-13-19-35-76(68)81(78(70)50-62)72-31-15-9-25-64(72)65-26-10-16-32-73(65)81)63-42-44-71-69-30-14-20-36-77(69)82(79(71)51-63)74-33-17-11-27-66(74)67-28-12-18-34-75(67)82/h3-51H,1-2H3. The maximum absolute atomic E-state index is 2.53. The molecule has 13 aromatic rings. The zero-order valence-corrected chi connectivity index (χ0v) is 46.2. The van der Waals surface area contributed by atoms with Crippen LogP contribution in [0.1, 0.15) is 55.6 Å². The molecule has 1 nitrogen and oxygen atoms in total. The maximum Gasteiger partial charge on any atom is 0.0726 e. The van der Waals surface area contributed by atoms with E-state index in [2.05, 4.69) is 316 Å². The van der Waals surface area contributed by atoms with E-state index < -0.39 is 10.8 Å². The van der Waals surface area contributed by atoms with Crippen molar-refractivity contribution in [2.24, 2.45) is 0 Å². The second-order valence-electron chi connectivity index (χ2n) is 23.1. The van der Waals surface area contributed by atoms with Gasteiger partial charge in [0.05, 0.1) is 10.8 Å². The topological polar surface area (TPSA) is 3.24 Å². The highest BCUT2D eigenvalue weighted by Crippen LogP contribution is 2.65. The first kappa shape index (κ1) is 47.5. The largest absolute Gasteiger partial charge is 0.310 e. The molecule has 2 spiro atoms. The van der Waals surface area contributed by atoms with E-state index in [9.17, 15) is 0 Å². The fourth-order valence-electron chi connectivity index (χ4n) is 15.6. The maximum atomic E-state index is 2.53. The van der Waals surface area contributed by atoms with E-state index in [1.807, 2.05) is 0 Å². The molecule has 4 aliphatic rings. The van der Waals surface area contributed by atoms with Crippen LogP contribution < -0.4 is 4.90 Å². The van der Waals surface area contributed by atoms with Crippen LogP contribution in [-0.4, -0.2) is 0 Å². The first-order valence-corrected chi connectivity index (χ1v) is 29.1. The Bertz CT molecular complexity index is 4410. The minimum absolute atomic E-state index is 0.487. The first-order chi connectivity index (χ1) is 41.0. The lowest BCUT2D eigenvalue weighted by Crippen LogP contribution is -2.26. The van der Waals surface area contributed by atoms with Crippen LogP contribution in [-0.2, 0) is 10.8 Å². The summed E-state index contributed by atoms with van der Waals surface area (Å²) in [5, 5.41) is 0. The Morgan fingerprint density at radius 3 is 0.843 bits per heavy atom. The Morgan fingerprint density at radius 2 is 0.482 bits per heavy atom. The third-order valence-corrected chi connectivity index (χ3v) is 18.9. The van der Waals surface area contributed by atoms with Gasteiger partial charge >= 0.3 is 0 Å². The Balaban J connectivity index is 0.846. The van der Waals surface area contributed by atoms with Crippen LogP contribution in [0.3, 0.4) is 0 Å². The van der Waals surface area contributed by atoms with Gasteiger partial charge in [0.25, 0.3) is 0 Å². The van der Waals surface area contributed by atoms with Crippen LogP contribution in [0.25, 0.3) is 89.0 Å². The predicted molar refractivity (Wildman–Crippen MR) is 345 cm³/mol. The van der Waals surface area contributed by atoms with Gasteiger partial charge in [-0.05, 0) is 213 Å². The average Bonchev–Trinajstić information content (AvgIpc) is 1.65. The molecule has 0 N–H and O–H groups in total. The molecule has 0 heterocycles. The molecule has 1 heteroatoms. The lowest BCUT2D eigenvalue weighted by atomic mass is 9.70. The van der Waals surface area contributed by atoms with Crippen LogP contribution in [0, 0.1) is 13.8 Å². The van der Waals surface area contributed by atoms with Crippen molar-refractivity contribution in [3.8, 4) is 89.0 Å². The van der Waals surface area contributed by atoms with Gasteiger partial charge in [-0.3, -0.25) is 0 Å². The Hall–Kier alpha value is -10.3. The van der Waals surface area contributed by atoms with E-state index in [0.717, 1.165) is 17.1 Å². The first-order valence-electron chi connectivity index (χ1n) is 29.1. The molecule has 0 atom stereocenters.